The Morgan fingerprint density at radius 3 is 3.00 bits per heavy atom. The Morgan fingerprint density at radius 1 is 1.47 bits per heavy atom. The van der Waals surface area contributed by atoms with E-state index in [1.807, 2.05) is 0 Å². The SMILES string of the molecule is CCOC(=O)c1nc(N)nc2c1CCC2. The normalized spacial score (nSPS) is 13.7. The van der Waals surface area contributed by atoms with E-state index in [-0.39, 0.29) is 5.95 Å². The van der Waals surface area contributed by atoms with Gasteiger partial charge in [0.1, 0.15) is 0 Å². The van der Waals surface area contributed by atoms with Gasteiger partial charge in [-0.15, -0.1) is 0 Å². The molecule has 5 nitrogen and oxygen atoms in total. The minimum absolute atomic E-state index is 0.152. The zero-order valence-corrected chi connectivity index (χ0v) is 8.62. The molecule has 0 amide bonds. The van der Waals surface area contributed by atoms with Crippen molar-refractivity contribution in [2.45, 2.75) is 26.2 Å². The molecule has 15 heavy (non-hydrogen) atoms. The molecule has 0 unspecified atom stereocenters. The molecule has 80 valence electrons. The molecule has 0 atom stereocenters. The molecule has 0 aromatic carbocycles. The maximum atomic E-state index is 11.6. The minimum atomic E-state index is -0.398. The van der Waals surface area contributed by atoms with E-state index in [2.05, 4.69) is 9.97 Å². The van der Waals surface area contributed by atoms with Crippen molar-refractivity contribution in [2.24, 2.45) is 0 Å². The second-order valence-corrected chi connectivity index (χ2v) is 3.43. The van der Waals surface area contributed by atoms with Gasteiger partial charge in [0.25, 0.3) is 0 Å². The number of esters is 1. The molecule has 0 radical (unpaired) electrons. The lowest BCUT2D eigenvalue weighted by molar-refractivity contribution is 0.0518. The number of fused-ring (bicyclic) bond motifs is 1. The maximum absolute atomic E-state index is 11.6. The Morgan fingerprint density at radius 2 is 2.27 bits per heavy atom. The number of anilines is 1. The van der Waals surface area contributed by atoms with Crippen LogP contribution in [0.3, 0.4) is 0 Å². The maximum Gasteiger partial charge on any atom is 0.357 e. The number of nitrogen functional groups attached to an aromatic ring is 1. The van der Waals surface area contributed by atoms with Gasteiger partial charge >= 0.3 is 5.97 Å². The number of carbonyl (C=O) groups is 1. The molecule has 2 N–H and O–H groups in total. The Hall–Kier alpha value is -1.65. The number of hydrogen-bond acceptors (Lipinski definition) is 5. The molecule has 0 saturated heterocycles. The highest BCUT2D eigenvalue weighted by Crippen LogP contribution is 2.23. The summed E-state index contributed by atoms with van der Waals surface area (Å²) >= 11 is 0. The summed E-state index contributed by atoms with van der Waals surface area (Å²) < 4.78 is 4.92. The van der Waals surface area contributed by atoms with E-state index in [9.17, 15) is 4.79 Å². The van der Waals surface area contributed by atoms with E-state index in [0.717, 1.165) is 30.5 Å². The third kappa shape index (κ3) is 1.77. The molecule has 1 heterocycles. The average molecular weight is 207 g/mol. The van der Waals surface area contributed by atoms with Crippen molar-refractivity contribution in [2.75, 3.05) is 12.3 Å². The molecule has 0 fully saturated rings. The van der Waals surface area contributed by atoms with E-state index >= 15 is 0 Å². The summed E-state index contributed by atoms with van der Waals surface area (Å²) in [6.07, 6.45) is 2.71. The lowest BCUT2D eigenvalue weighted by Crippen LogP contribution is -2.13. The van der Waals surface area contributed by atoms with E-state index in [1.165, 1.54) is 0 Å². The highest BCUT2D eigenvalue weighted by atomic mass is 16.5. The van der Waals surface area contributed by atoms with Crippen molar-refractivity contribution in [3.8, 4) is 0 Å². The van der Waals surface area contributed by atoms with Gasteiger partial charge in [0.2, 0.25) is 5.95 Å². The van der Waals surface area contributed by atoms with E-state index in [0.29, 0.717) is 12.3 Å². The topological polar surface area (TPSA) is 78.1 Å². The van der Waals surface area contributed by atoms with E-state index < -0.39 is 5.97 Å². The molecule has 1 aromatic heterocycles. The molecule has 1 aromatic rings. The fourth-order valence-corrected chi connectivity index (χ4v) is 1.82. The molecule has 0 bridgehead atoms. The van der Waals surface area contributed by atoms with Crippen LogP contribution in [0.4, 0.5) is 5.95 Å². The first-order chi connectivity index (χ1) is 7.22. The van der Waals surface area contributed by atoms with Crippen molar-refractivity contribution in [3.63, 3.8) is 0 Å². The number of aryl methyl sites for hydroxylation is 1. The van der Waals surface area contributed by atoms with Gasteiger partial charge in [-0.3, -0.25) is 0 Å². The first-order valence-electron chi connectivity index (χ1n) is 5.04. The molecule has 0 spiro atoms. The minimum Gasteiger partial charge on any atom is -0.461 e. The Bertz CT molecular complexity index is 404. The largest absolute Gasteiger partial charge is 0.461 e. The number of nitrogens with zero attached hydrogens (tertiary/aromatic N) is 2. The predicted molar refractivity (Wildman–Crippen MR) is 54.4 cm³/mol. The summed E-state index contributed by atoms with van der Waals surface area (Å²) in [7, 11) is 0. The zero-order chi connectivity index (χ0) is 10.8. The van der Waals surface area contributed by atoms with Crippen molar-refractivity contribution in [1.29, 1.82) is 0 Å². The van der Waals surface area contributed by atoms with Crippen LogP contribution in [0.1, 0.15) is 35.1 Å². The predicted octanol–water partition coefficient (Wildman–Crippen LogP) is 0.724. The molecule has 0 saturated carbocycles. The van der Waals surface area contributed by atoms with Crippen LogP contribution in [-0.2, 0) is 17.6 Å². The van der Waals surface area contributed by atoms with Crippen molar-refractivity contribution in [1.82, 2.24) is 9.97 Å². The number of rotatable bonds is 2. The number of aromatic nitrogens is 2. The second kappa shape index (κ2) is 3.84. The summed E-state index contributed by atoms with van der Waals surface area (Å²) in [5.41, 5.74) is 7.68. The number of carbonyl (C=O) groups excluding carboxylic acids is 1. The summed E-state index contributed by atoms with van der Waals surface area (Å²) in [5, 5.41) is 0. The summed E-state index contributed by atoms with van der Waals surface area (Å²) in [4.78, 5) is 19.7. The smallest absolute Gasteiger partial charge is 0.357 e. The molecular formula is C10H13N3O2. The average Bonchev–Trinajstić information content (AvgIpc) is 2.64. The van der Waals surface area contributed by atoms with Crippen molar-refractivity contribution in [3.05, 3.63) is 17.0 Å². The number of ether oxygens (including phenoxy) is 1. The number of nitrogens with two attached hydrogens (primary N) is 1. The van der Waals surface area contributed by atoms with Gasteiger partial charge in [0.15, 0.2) is 5.69 Å². The van der Waals surface area contributed by atoms with Crippen LogP contribution >= 0.6 is 0 Å². The van der Waals surface area contributed by atoms with Gasteiger partial charge in [-0.2, -0.15) is 0 Å². The van der Waals surface area contributed by atoms with Crippen LogP contribution in [0.2, 0.25) is 0 Å². The molecule has 2 rings (SSSR count). The Labute approximate surface area is 87.7 Å². The van der Waals surface area contributed by atoms with Crippen LogP contribution in [-0.4, -0.2) is 22.5 Å². The zero-order valence-electron chi connectivity index (χ0n) is 8.62. The molecule has 1 aliphatic rings. The van der Waals surface area contributed by atoms with Crippen molar-refractivity contribution < 1.29 is 9.53 Å². The van der Waals surface area contributed by atoms with Gasteiger partial charge in [-0.05, 0) is 26.2 Å². The van der Waals surface area contributed by atoms with Crippen LogP contribution < -0.4 is 5.73 Å². The Balaban J connectivity index is 2.42. The first-order valence-corrected chi connectivity index (χ1v) is 5.04. The van der Waals surface area contributed by atoms with E-state index in [1.54, 1.807) is 6.92 Å². The standard InChI is InChI=1S/C10H13N3O2/c1-2-15-9(14)8-6-4-3-5-7(6)12-10(11)13-8/h2-5H2,1H3,(H2,11,12,13). The van der Waals surface area contributed by atoms with Crippen LogP contribution in [0, 0.1) is 0 Å². The van der Waals surface area contributed by atoms with Gasteiger partial charge in [-0.1, -0.05) is 0 Å². The third-order valence-electron chi connectivity index (χ3n) is 2.42. The molecule has 5 heteroatoms. The van der Waals surface area contributed by atoms with Crippen LogP contribution in [0.15, 0.2) is 0 Å². The van der Waals surface area contributed by atoms with Gasteiger partial charge in [-0.25, -0.2) is 14.8 Å². The second-order valence-electron chi connectivity index (χ2n) is 3.43. The summed E-state index contributed by atoms with van der Waals surface area (Å²) in [5.74, 6) is -0.247. The van der Waals surface area contributed by atoms with E-state index in [4.69, 9.17) is 10.5 Å². The quantitative estimate of drug-likeness (QED) is 0.723. The fourth-order valence-electron chi connectivity index (χ4n) is 1.82. The van der Waals surface area contributed by atoms with Gasteiger partial charge in [0, 0.05) is 5.56 Å². The first kappa shape index (κ1) is 9.89. The van der Waals surface area contributed by atoms with Gasteiger partial charge < -0.3 is 10.5 Å². The van der Waals surface area contributed by atoms with Gasteiger partial charge in [0.05, 0.1) is 12.3 Å². The van der Waals surface area contributed by atoms with Crippen LogP contribution in [0.25, 0.3) is 0 Å². The molecule has 0 aliphatic heterocycles. The molecule has 1 aliphatic carbocycles. The van der Waals surface area contributed by atoms with Crippen LogP contribution in [0.5, 0.6) is 0 Å². The lowest BCUT2D eigenvalue weighted by atomic mass is 10.2. The molecular weight excluding hydrogens is 194 g/mol. The lowest BCUT2D eigenvalue weighted by Gasteiger charge is -2.06. The highest BCUT2D eigenvalue weighted by Gasteiger charge is 2.23. The summed E-state index contributed by atoms with van der Waals surface area (Å²) in [6.45, 7) is 2.11. The fraction of sp³-hybridized carbons (Fsp3) is 0.500. The number of hydrogen-bond donors (Lipinski definition) is 1. The highest BCUT2D eigenvalue weighted by molar-refractivity contribution is 5.89. The Kier molecular flexibility index (Phi) is 2.53. The summed E-state index contributed by atoms with van der Waals surface area (Å²) in [6, 6.07) is 0. The van der Waals surface area contributed by atoms with Crippen molar-refractivity contribution >= 4 is 11.9 Å². The monoisotopic (exact) mass is 207 g/mol. The third-order valence-corrected chi connectivity index (χ3v) is 2.42.